The van der Waals surface area contributed by atoms with Crippen LogP contribution in [0.4, 0.5) is 0 Å². The molecular weight excluding hydrogens is 438 g/mol. The zero-order chi connectivity index (χ0) is 20.8. The van der Waals surface area contributed by atoms with E-state index in [9.17, 15) is 9.59 Å². The molecule has 0 saturated carbocycles. The summed E-state index contributed by atoms with van der Waals surface area (Å²) in [7, 11) is 1.50. The van der Waals surface area contributed by atoms with Gasteiger partial charge in [-0.1, -0.05) is 34.1 Å². The number of nitrogens with zero attached hydrogens (tertiary/aromatic N) is 1. The molecule has 0 spiro atoms. The van der Waals surface area contributed by atoms with Crippen molar-refractivity contribution in [2.24, 2.45) is 0 Å². The number of methoxy groups -OCH3 is 1. The third-order valence-corrected chi connectivity index (χ3v) is 4.79. The van der Waals surface area contributed by atoms with Crippen molar-refractivity contribution in [1.29, 1.82) is 0 Å². The lowest BCUT2D eigenvalue weighted by Gasteiger charge is -2.08. The summed E-state index contributed by atoms with van der Waals surface area (Å²) in [5, 5.41) is 0. The van der Waals surface area contributed by atoms with E-state index in [1.54, 1.807) is 25.1 Å². The molecule has 0 saturated heterocycles. The lowest BCUT2D eigenvalue weighted by molar-refractivity contribution is -0.145. The quantitative estimate of drug-likeness (QED) is 0.344. The Bertz CT molecular complexity index is 1010. The predicted molar refractivity (Wildman–Crippen MR) is 111 cm³/mol. The van der Waals surface area contributed by atoms with E-state index in [1.165, 1.54) is 7.11 Å². The molecule has 0 unspecified atom stereocenters. The normalized spacial score (nSPS) is 10.6. The highest BCUT2D eigenvalue weighted by Crippen LogP contribution is 2.25. The Balaban J connectivity index is 1.55. The Morgan fingerprint density at radius 3 is 2.59 bits per heavy atom. The van der Waals surface area contributed by atoms with Crippen molar-refractivity contribution in [2.45, 2.75) is 26.4 Å². The molecule has 2 aromatic carbocycles. The van der Waals surface area contributed by atoms with Crippen LogP contribution in [0.2, 0.25) is 0 Å². The number of ketones is 1. The molecule has 7 heteroatoms. The molecule has 1 heterocycles. The van der Waals surface area contributed by atoms with Gasteiger partial charge < -0.3 is 13.9 Å². The zero-order valence-corrected chi connectivity index (χ0v) is 17.7. The maximum absolute atomic E-state index is 12.4. The van der Waals surface area contributed by atoms with Crippen LogP contribution in [0, 0.1) is 6.92 Å². The number of carbonyl (C=O) groups excluding carboxylic acids is 2. The smallest absolute Gasteiger partial charge is 0.306 e. The highest BCUT2D eigenvalue weighted by Gasteiger charge is 2.17. The lowest BCUT2D eigenvalue weighted by Crippen LogP contribution is -2.09. The second-order valence-corrected chi connectivity index (χ2v) is 7.23. The number of esters is 1. The van der Waals surface area contributed by atoms with Gasteiger partial charge in [0.25, 0.3) is 0 Å². The average molecular weight is 458 g/mol. The largest absolute Gasteiger partial charge is 0.496 e. The summed E-state index contributed by atoms with van der Waals surface area (Å²) in [6.45, 7) is 1.76. The van der Waals surface area contributed by atoms with Crippen LogP contribution in [0.5, 0.6) is 5.75 Å². The van der Waals surface area contributed by atoms with Gasteiger partial charge in [-0.2, -0.15) is 0 Å². The van der Waals surface area contributed by atoms with Crippen LogP contribution in [-0.2, 0) is 16.1 Å². The van der Waals surface area contributed by atoms with Gasteiger partial charge in [-0.3, -0.25) is 9.59 Å². The van der Waals surface area contributed by atoms with Crippen molar-refractivity contribution >= 4 is 27.7 Å². The molecule has 0 aliphatic heterocycles. The van der Waals surface area contributed by atoms with Crippen LogP contribution in [0.15, 0.2) is 57.4 Å². The standard InChI is InChI=1S/C22H20BrNO5/c1-14-18(24-22(29-14)15-6-4-3-5-7-15)13-28-21(26)11-9-19(25)17-12-16(23)8-10-20(17)27-2/h3-8,10,12H,9,11,13H2,1-2H3. The van der Waals surface area contributed by atoms with Gasteiger partial charge in [0, 0.05) is 16.5 Å². The van der Waals surface area contributed by atoms with Gasteiger partial charge in [0.2, 0.25) is 5.89 Å². The van der Waals surface area contributed by atoms with Gasteiger partial charge in [0.15, 0.2) is 5.78 Å². The monoisotopic (exact) mass is 457 g/mol. The van der Waals surface area contributed by atoms with Crippen molar-refractivity contribution in [1.82, 2.24) is 4.98 Å². The van der Waals surface area contributed by atoms with Gasteiger partial charge in [-0.05, 0) is 37.3 Å². The van der Waals surface area contributed by atoms with Crippen LogP contribution in [0.3, 0.4) is 0 Å². The first-order valence-corrected chi connectivity index (χ1v) is 9.81. The zero-order valence-electron chi connectivity index (χ0n) is 16.1. The molecule has 29 heavy (non-hydrogen) atoms. The molecule has 3 rings (SSSR count). The summed E-state index contributed by atoms with van der Waals surface area (Å²) in [5.41, 5.74) is 1.83. The van der Waals surface area contributed by atoms with Crippen LogP contribution < -0.4 is 4.74 Å². The fourth-order valence-corrected chi connectivity index (χ4v) is 3.10. The molecule has 0 atom stereocenters. The molecule has 3 aromatic rings. The van der Waals surface area contributed by atoms with Crippen molar-refractivity contribution in [3.05, 3.63) is 70.0 Å². The van der Waals surface area contributed by atoms with E-state index >= 15 is 0 Å². The average Bonchev–Trinajstić information content (AvgIpc) is 3.11. The summed E-state index contributed by atoms with van der Waals surface area (Å²) in [4.78, 5) is 28.9. The maximum atomic E-state index is 12.4. The summed E-state index contributed by atoms with van der Waals surface area (Å²) in [6, 6.07) is 14.6. The number of carbonyl (C=O) groups is 2. The minimum atomic E-state index is -0.476. The summed E-state index contributed by atoms with van der Waals surface area (Å²) in [6.07, 6.45) is -0.00431. The number of Topliss-reactive ketones (excluding diaryl/α,β-unsaturated/α-hetero) is 1. The number of aryl methyl sites for hydroxylation is 1. The Kier molecular flexibility index (Phi) is 6.82. The van der Waals surface area contributed by atoms with Crippen LogP contribution in [0.1, 0.15) is 34.7 Å². The molecule has 0 radical (unpaired) electrons. The van der Waals surface area contributed by atoms with Gasteiger partial charge in [-0.15, -0.1) is 0 Å². The van der Waals surface area contributed by atoms with Crippen LogP contribution in [-0.4, -0.2) is 23.8 Å². The van der Waals surface area contributed by atoms with Crippen molar-refractivity contribution in [3.8, 4) is 17.2 Å². The number of halogens is 1. The number of rotatable bonds is 8. The van der Waals surface area contributed by atoms with Crippen LogP contribution >= 0.6 is 15.9 Å². The Labute approximate surface area is 177 Å². The minimum Gasteiger partial charge on any atom is -0.496 e. The second-order valence-electron chi connectivity index (χ2n) is 6.32. The number of oxazole rings is 1. The van der Waals surface area contributed by atoms with E-state index in [0.29, 0.717) is 28.7 Å². The third-order valence-electron chi connectivity index (χ3n) is 4.30. The lowest BCUT2D eigenvalue weighted by atomic mass is 10.1. The maximum Gasteiger partial charge on any atom is 0.306 e. The molecule has 150 valence electrons. The Morgan fingerprint density at radius 1 is 1.10 bits per heavy atom. The highest BCUT2D eigenvalue weighted by molar-refractivity contribution is 9.10. The summed E-state index contributed by atoms with van der Waals surface area (Å²) >= 11 is 3.33. The van der Waals surface area contributed by atoms with E-state index in [0.717, 1.165) is 10.0 Å². The van der Waals surface area contributed by atoms with E-state index in [2.05, 4.69) is 20.9 Å². The third kappa shape index (κ3) is 5.32. The molecule has 6 nitrogen and oxygen atoms in total. The van der Waals surface area contributed by atoms with E-state index in [1.807, 2.05) is 30.3 Å². The molecule has 1 aromatic heterocycles. The fraction of sp³-hybridized carbons (Fsp3) is 0.227. The molecule has 0 aliphatic rings. The highest BCUT2D eigenvalue weighted by atomic mass is 79.9. The van der Waals surface area contributed by atoms with Gasteiger partial charge in [0.1, 0.15) is 23.8 Å². The van der Waals surface area contributed by atoms with Crippen LogP contribution in [0.25, 0.3) is 11.5 Å². The molecule has 0 fully saturated rings. The van der Waals surface area contributed by atoms with E-state index in [-0.39, 0.29) is 25.2 Å². The van der Waals surface area contributed by atoms with Gasteiger partial charge in [-0.25, -0.2) is 4.98 Å². The Morgan fingerprint density at radius 2 is 1.86 bits per heavy atom. The van der Waals surface area contributed by atoms with Crippen molar-refractivity contribution in [3.63, 3.8) is 0 Å². The van der Waals surface area contributed by atoms with Gasteiger partial charge in [0.05, 0.1) is 19.1 Å². The first kappa shape index (κ1) is 20.8. The molecular formula is C22H20BrNO5. The van der Waals surface area contributed by atoms with Crippen molar-refractivity contribution in [2.75, 3.05) is 7.11 Å². The van der Waals surface area contributed by atoms with Gasteiger partial charge >= 0.3 is 5.97 Å². The summed E-state index contributed by atoms with van der Waals surface area (Å²) < 4.78 is 16.9. The first-order valence-electron chi connectivity index (χ1n) is 9.02. The minimum absolute atomic E-state index is 0.00457. The van der Waals surface area contributed by atoms with E-state index in [4.69, 9.17) is 13.9 Å². The second kappa shape index (κ2) is 9.52. The number of ether oxygens (including phenoxy) is 2. The number of benzene rings is 2. The number of aromatic nitrogens is 1. The fourth-order valence-electron chi connectivity index (χ4n) is 2.74. The molecule has 0 amide bonds. The Hall–Kier alpha value is -2.93. The predicted octanol–water partition coefficient (Wildman–Crippen LogP) is 5.13. The molecule has 0 N–H and O–H groups in total. The first-order chi connectivity index (χ1) is 14.0. The molecule has 0 aliphatic carbocycles. The van der Waals surface area contributed by atoms with Crippen molar-refractivity contribution < 1.29 is 23.5 Å². The molecule has 0 bridgehead atoms. The number of hydrogen-bond acceptors (Lipinski definition) is 6. The van der Waals surface area contributed by atoms with E-state index < -0.39 is 5.97 Å². The topological polar surface area (TPSA) is 78.6 Å². The SMILES string of the molecule is COc1ccc(Br)cc1C(=O)CCC(=O)OCc1nc(-c2ccccc2)oc1C. The summed E-state index contributed by atoms with van der Waals surface area (Å²) in [5.74, 6) is 0.871. The number of hydrogen-bond donors (Lipinski definition) is 0.